The van der Waals surface area contributed by atoms with Crippen LogP contribution in [-0.4, -0.2) is 87.9 Å². The van der Waals surface area contributed by atoms with Crippen LogP contribution in [-0.2, 0) is 9.47 Å². The molecule has 3 saturated heterocycles. The molecule has 0 N–H and O–H groups in total. The van der Waals surface area contributed by atoms with Gasteiger partial charge in [-0.3, -0.25) is 9.69 Å². The van der Waals surface area contributed by atoms with E-state index in [2.05, 4.69) is 29.0 Å². The molecule has 3 fully saturated rings. The molecule has 0 aromatic heterocycles. The Morgan fingerprint density at radius 3 is 2.52 bits per heavy atom. The van der Waals surface area contributed by atoms with E-state index < -0.39 is 0 Å². The molecule has 3 aliphatic rings. The Labute approximate surface area is 149 Å². The van der Waals surface area contributed by atoms with Gasteiger partial charge in [0.05, 0.1) is 32.5 Å². The first-order chi connectivity index (χ1) is 12.2. The van der Waals surface area contributed by atoms with E-state index in [1.807, 2.05) is 17.0 Å². The molecule has 0 radical (unpaired) electrons. The van der Waals surface area contributed by atoms with Crippen LogP contribution in [0.25, 0.3) is 0 Å². The van der Waals surface area contributed by atoms with Crippen molar-refractivity contribution >= 4 is 11.6 Å². The third-order valence-corrected chi connectivity index (χ3v) is 5.52. The summed E-state index contributed by atoms with van der Waals surface area (Å²) in [4.78, 5) is 19.7. The Morgan fingerprint density at radius 1 is 1.00 bits per heavy atom. The number of amides is 1. The Bertz CT molecular complexity index is 600. The lowest BCUT2D eigenvalue weighted by molar-refractivity contribution is 0.0433. The fourth-order valence-corrected chi connectivity index (χ4v) is 4.03. The molecule has 1 aromatic carbocycles. The molecular formula is C19H27N3O3. The lowest BCUT2D eigenvalue weighted by Crippen LogP contribution is -2.44. The van der Waals surface area contributed by atoms with Gasteiger partial charge in [0.15, 0.2) is 0 Å². The zero-order valence-electron chi connectivity index (χ0n) is 14.9. The van der Waals surface area contributed by atoms with Crippen LogP contribution in [0.1, 0.15) is 10.4 Å². The second-order valence-electron chi connectivity index (χ2n) is 7.35. The number of hydrogen-bond donors (Lipinski definition) is 0. The van der Waals surface area contributed by atoms with Crippen molar-refractivity contribution in [2.24, 2.45) is 5.92 Å². The number of morpholine rings is 1. The molecule has 1 amide bonds. The van der Waals surface area contributed by atoms with E-state index in [1.54, 1.807) is 0 Å². The van der Waals surface area contributed by atoms with Crippen LogP contribution in [0.3, 0.4) is 0 Å². The predicted octanol–water partition coefficient (Wildman–Crippen LogP) is 0.926. The van der Waals surface area contributed by atoms with Gasteiger partial charge in [-0.1, -0.05) is 0 Å². The molecule has 3 aliphatic heterocycles. The van der Waals surface area contributed by atoms with Gasteiger partial charge in [0, 0.05) is 49.9 Å². The highest BCUT2D eigenvalue weighted by Crippen LogP contribution is 2.22. The monoisotopic (exact) mass is 345 g/mol. The molecule has 4 rings (SSSR count). The maximum Gasteiger partial charge on any atom is 0.253 e. The van der Waals surface area contributed by atoms with Crippen molar-refractivity contribution in [2.75, 3.05) is 71.1 Å². The van der Waals surface area contributed by atoms with E-state index >= 15 is 0 Å². The number of benzene rings is 1. The van der Waals surface area contributed by atoms with E-state index in [4.69, 9.17) is 9.47 Å². The maximum absolute atomic E-state index is 13.0. The van der Waals surface area contributed by atoms with Gasteiger partial charge in [-0.25, -0.2) is 0 Å². The Hall–Kier alpha value is -1.63. The zero-order chi connectivity index (χ0) is 17.2. The summed E-state index contributed by atoms with van der Waals surface area (Å²) in [6, 6.07) is 8.35. The quantitative estimate of drug-likeness (QED) is 0.798. The zero-order valence-corrected chi connectivity index (χ0v) is 14.9. The summed E-state index contributed by atoms with van der Waals surface area (Å²) < 4.78 is 11.2. The number of likely N-dealkylation sites (N-methyl/N-ethyl adjacent to an activating group) is 1. The number of nitrogens with zero attached hydrogens (tertiary/aromatic N) is 3. The maximum atomic E-state index is 13.0. The number of anilines is 1. The minimum atomic E-state index is 0.140. The van der Waals surface area contributed by atoms with E-state index in [0.29, 0.717) is 18.6 Å². The lowest BCUT2D eigenvalue weighted by atomic mass is 10.1. The highest BCUT2D eigenvalue weighted by Gasteiger charge is 2.33. The number of rotatable bonds is 2. The highest BCUT2D eigenvalue weighted by molar-refractivity contribution is 5.94. The average Bonchev–Trinajstić information content (AvgIpc) is 2.90. The number of carbonyl (C=O) groups excluding carboxylic acids is 1. The van der Waals surface area contributed by atoms with Crippen molar-refractivity contribution in [2.45, 2.75) is 6.04 Å². The molecule has 3 heterocycles. The number of fused-ring (bicyclic) bond motifs is 3. The number of ether oxygens (including phenoxy) is 2. The highest BCUT2D eigenvalue weighted by atomic mass is 16.5. The first kappa shape index (κ1) is 16.8. The molecule has 25 heavy (non-hydrogen) atoms. The van der Waals surface area contributed by atoms with E-state index in [-0.39, 0.29) is 5.91 Å². The number of carbonyl (C=O) groups is 1. The fourth-order valence-electron chi connectivity index (χ4n) is 4.03. The van der Waals surface area contributed by atoms with Crippen LogP contribution in [0.5, 0.6) is 0 Å². The van der Waals surface area contributed by atoms with Gasteiger partial charge in [0.25, 0.3) is 5.91 Å². The second-order valence-corrected chi connectivity index (χ2v) is 7.35. The van der Waals surface area contributed by atoms with Crippen LogP contribution in [0.15, 0.2) is 24.3 Å². The minimum absolute atomic E-state index is 0.140. The molecular weight excluding hydrogens is 318 g/mol. The SMILES string of the molecule is CN1C[C@H]2COC[C@@H]1CN(C(=O)c1ccc(N3CCOCC3)cc1)C2. The summed E-state index contributed by atoms with van der Waals surface area (Å²) >= 11 is 0. The molecule has 136 valence electrons. The second kappa shape index (κ2) is 7.32. The van der Waals surface area contributed by atoms with Gasteiger partial charge in [0.1, 0.15) is 0 Å². The molecule has 2 atom stereocenters. The molecule has 0 aliphatic carbocycles. The third-order valence-electron chi connectivity index (χ3n) is 5.52. The van der Waals surface area contributed by atoms with Gasteiger partial charge in [-0.2, -0.15) is 0 Å². The average molecular weight is 345 g/mol. The first-order valence-electron chi connectivity index (χ1n) is 9.21. The molecule has 0 saturated carbocycles. The Kier molecular flexibility index (Phi) is 4.92. The van der Waals surface area contributed by atoms with Crippen molar-refractivity contribution in [3.05, 3.63) is 29.8 Å². The molecule has 1 aromatic rings. The first-order valence-corrected chi connectivity index (χ1v) is 9.21. The van der Waals surface area contributed by atoms with Crippen molar-refractivity contribution in [1.82, 2.24) is 9.80 Å². The van der Waals surface area contributed by atoms with Crippen molar-refractivity contribution in [3.8, 4) is 0 Å². The van der Waals surface area contributed by atoms with Crippen molar-refractivity contribution in [3.63, 3.8) is 0 Å². The summed E-state index contributed by atoms with van der Waals surface area (Å²) in [5.74, 6) is 0.537. The Morgan fingerprint density at radius 2 is 1.76 bits per heavy atom. The van der Waals surface area contributed by atoms with Crippen LogP contribution < -0.4 is 4.90 Å². The molecule has 2 bridgehead atoms. The molecule has 6 heteroatoms. The summed E-state index contributed by atoms with van der Waals surface area (Å²) in [6.45, 7) is 7.36. The topological polar surface area (TPSA) is 45.2 Å². The smallest absolute Gasteiger partial charge is 0.253 e. The van der Waals surface area contributed by atoms with Gasteiger partial charge >= 0.3 is 0 Å². The molecule has 0 spiro atoms. The molecule has 6 nitrogen and oxygen atoms in total. The standard InChI is InChI=1S/C19H27N3O3/c1-20-10-15-11-22(12-18(20)14-25-13-15)19(23)16-2-4-17(5-3-16)21-6-8-24-9-7-21/h2-5,15,18H,6-14H2,1H3/t15-,18+/m1/s1. The van der Waals surface area contributed by atoms with Crippen LogP contribution in [0.2, 0.25) is 0 Å². The van der Waals surface area contributed by atoms with Crippen molar-refractivity contribution < 1.29 is 14.3 Å². The summed E-state index contributed by atoms with van der Waals surface area (Å²) in [7, 11) is 2.14. The fraction of sp³-hybridized carbons (Fsp3) is 0.632. The number of hydrogen-bond acceptors (Lipinski definition) is 5. The lowest BCUT2D eigenvalue weighted by Gasteiger charge is -2.30. The van der Waals surface area contributed by atoms with Crippen LogP contribution >= 0.6 is 0 Å². The van der Waals surface area contributed by atoms with E-state index in [0.717, 1.165) is 58.1 Å². The largest absolute Gasteiger partial charge is 0.379 e. The van der Waals surface area contributed by atoms with Gasteiger partial charge < -0.3 is 19.3 Å². The predicted molar refractivity (Wildman–Crippen MR) is 96.1 cm³/mol. The molecule has 0 unspecified atom stereocenters. The van der Waals surface area contributed by atoms with Crippen molar-refractivity contribution in [1.29, 1.82) is 0 Å². The van der Waals surface area contributed by atoms with Gasteiger partial charge in [-0.15, -0.1) is 0 Å². The van der Waals surface area contributed by atoms with E-state index in [9.17, 15) is 4.79 Å². The summed E-state index contributed by atoms with van der Waals surface area (Å²) in [5.41, 5.74) is 1.95. The normalized spacial score (nSPS) is 27.9. The minimum Gasteiger partial charge on any atom is -0.379 e. The van der Waals surface area contributed by atoms with E-state index in [1.165, 1.54) is 5.69 Å². The Balaban J connectivity index is 1.46. The third kappa shape index (κ3) is 3.66. The van der Waals surface area contributed by atoms with Gasteiger partial charge in [0.2, 0.25) is 0 Å². The summed E-state index contributed by atoms with van der Waals surface area (Å²) in [6.07, 6.45) is 0. The van der Waals surface area contributed by atoms with Gasteiger partial charge in [-0.05, 0) is 31.3 Å². The van der Waals surface area contributed by atoms with Crippen LogP contribution in [0.4, 0.5) is 5.69 Å². The van der Waals surface area contributed by atoms with Crippen LogP contribution in [0, 0.1) is 5.92 Å². The summed E-state index contributed by atoms with van der Waals surface area (Å²) in [5, 5.41) is 0.